The number of halogens is 1. The number of hydrogen-bond donors (Lipinski definition) is 1. The first kappa shape index (κ1) is 12.7. The minimum absolute atomic E-state index is 0.0747. The molecule has 4 unspecified atom stereocenters. The van der Waals surface area contributed by atoms with Gasteiger partial charge in [0.05, 0.1) is 0 Å². The lowest BCUT2D eigenvalue weighted by Gasteiger charge is -2.37. The molecular formula is C16H24BrNO. The maximum Gasteiger partial charge on any atom is 0.224 e. The van der Waals surface area contributed by atoms with Crippen LogP contribution in [0.4, 0.5) is 0 Å². The number of hydrogen-bond acceptors (Lipinski definition) is 1. The normalized spacial score (nSPS) is 45.8. The molecule has 0 spiro atoms. The molecule has 0 aromatic rings. The zero-order valence-corrected chi connectivity index (χ0v) is 13.1. The van der Waals surface area contributed by atoms with Gasteiger partial charge in [0.2, 0.25) is 5.91 Å². The Morgan fingerprint density at radius 3 is 2.32 bits per heavy atom. The highest BCUT2D eigenvalue weighted by molar-refractivity contribution is 9.09. The van der Waals surface area contributed by atoms with Gasteiger partial charge in [-0.05, 0) is 55.8 Å². The van der Waals surface area contributed by atoms with E-state index in [1.807, 2.05) is 0 Å². The summed E-state index contributed by atoms with van der Waals surface area (Å²) in [7, 11) is 0. The van der Waals surface area contributed by atoms with Gasteiger partial charge in [0.1, 0.15) is 0 Å². The molecule has 1 N–H and O–H groups in total. The molecule has 106 valence electrons. The Kier molecular flexibility index (Phi) is 2.98. The van der Waals surface area contributed by atoms with E-state index in [4.69, 9.17) is 0 Å². The van der Waals surface area contributed by atoms with Crippen LogP contribution in [-0.2, 0) is 4.79 Å². The second kappa shape index (κ2) is 4.47. The first-order valence-corrected chi connectivity index (χ1v) is 9.24. The van der Waals surface area contributed by atoms with Gasteiger partial charge in [-0.25, -0.2) is 0 Å². The standard InChI is InChI=1S/C16H24BrNO/c17-9-16(6-2-1-3-7-16)18-15(19)14-12-10-4-5-11(8-10)13(12)14/h10-14H,1-9H2,(H,18,19). The average molecular weight is 326 g/mol. The van der Waals surface area contributed by atoms with Crippen LogP contribution in [0.3, 0.4) is 0 Å². The monoisotopic (exact) mass is 325 g/mol. The number of amides is 1. The Morgan fingerprint density at radius 1 is 1.11 bits per heavy atom. The third-order valence-corrected chi connectivity index (χ3v) is 7.57. The van der Waals surface area contributed by atoms with Gasteiger partial charge in [-0.1, -0.05) is 35.2 Å². The smallest absolute Gasteiger partial charge is 0.224 e. The Morgan fingerprint density at radius 2 is 1.74 bits per heavy atom. The lowest BCUT2D eigenvalue weighted by Crippen LogP contribution is -2.52. The highest BCUT2D eigenvalue weighted by Crippen LogP contribution is 2.69. The van der Waals surface area contributed by atoms with Gasteiger partial charge in [0.25, 0.3) is 0 Å². The van der Waals surface area contributed by atoms with Gasteiger partial charge >= 0.3 is 0 Å². The fourth-order valence-corrected chi connectivity index (χ4v) is 6.24. The van der Waals surface area contributed by atoms with Crippen molar-refractivity contribution in [1.29, 1.82) is 0 Å². The van der Waals surface area contributed by atoms with Crippen molar-refractivity contribution in [3.63, 3.8) is 0 Å². The molecule has 0 aromatic carbocycles. The van der Waals surface area contributed by atoms with Crippen LogP contribution in [0.1, 0.15) is 51.4 Å². The molecule has 0 radical (unpaired) electrons. The van der Waals surface area contributed by atoms with E-state index in [9.17, 15) is 4.79 Å². The summed E-state index contributed by atoms with van der Waals surface area (Å²) in [4.78, 5) is 12.6. The van der Waals surface area contributed by atoms with Crippen LogP contribution < -0.4 is 5.32 Å². The summed E-state index contributed by atoms with van der Waals surface area (Å²) in [6.45, 7) is 0. The van der Waals surface area contributed by atoms with Gasteiger partial charge in [-0.2, -0.15) is 0 Å². The fourth-order valence-electron chi connectivity index (χ4n) is 5.54. The van der Waals surface area contributed by atoms with Gasteiger partial charge in [-0.15, -0.1) is 0 Å². The van der Waals surface area contributed by atoms with Crippen molar-refractivity contribution >= 4 is 21.8 Å². The topological polar surface area (TPSA) is 29.1 Å². The molecule has 4 saturated carbocycles. The fraction of sp³-hybridized carbons (Fsp3) is 0.938. The van der Waals surface area contributed by atoms with Gasteiger partial charge < -0.3 is 5.32 Å². The Hall–Kier alpha value is -0.0500. The van der Waals surface area contributed by atoms with Crippen molar-refractivity contribution in [1.82, 2.24) is 5.32 Å². The summed E-state index contributed by atoms with van der Waals surface area (Å²) in [5, 5.41) is 4.39. The predicted octanol–water partition coefficient (Wildman–Crippen LogP) is 3.49. The third-order valence-electron chi connectivity index (χ3n) is 6.49. The minimum Gasteiger partial charge on any atom is -0.350 e. The Labute approximate surface area is 124 Å². The van der Waals surface area contributed by atoms with Crippen LogP contribution in [0.25, 0.3) is 0 Å². The number of carbonyl (C=O) groups excluding carboxylic acids is 1. The maximum absolute atomic E-state index is 12.6. The molecule has 0 saturated heterocycles. The lowest BCUT2D eigenvalue weighted by molar-refractivity contribution is -0.125. The predicted molar refractivity (Wildman–Crippen MR) is 79.1 cm³/mol. The number of fused-ring (bicyclic) bond motifs is 5. The van der Waals surface area contributed by atoms with Crippen molar-refractivity contribution in [3.05, 3.63) is 0 Å². The molecule has 4 rings (SSSR count). The van der Waals surface area contributed by atoms with Crippen molar-refractivity contribution in [2.24, 2.45) is 29.6 Å². The molecule has 2 nitrogen and oxygen atoms in total. The number of nitrogens with one attached hydrogen (secondary N) is 1. The average Bonchev–Trinajstić information content (AvgIpc) is 2.89. The van der Waals surface area contributed by atoms with E-state index in [1.165, 1.54) is 51.4 Å². The highest BCUT2D eigenvalue weighted by Gasteiger charge is 2.67. The molecular weight excluding hydrogens is 302 g/mol. The van der Waals surface area contributed by atoms with Crippen LogP contribution >= 0.6 is 15.9 Å². The van der Waals surface area contributed by atoms with Crippen LogP contribution in [0.2, 0.25) is 0 Å². The van der Waals surface area contributed by atoms with E-state index < -0.39 is 0 Å². The van der Waals surface area contributed by atoms with E-state index in [2.05, 4.69) is 21.2 Å². The zero-order valence-electron chi connectivity index (χ0n) is 11.5. The second-order valence-corrected chi connectivity index (χ2v) is 8.04. The van der Waals surface area contributed by atoms with E-state index in [0.29, 0.717) is 11.8 Å². The lowest BCUT2D eigenvalue weighted by atomic mass is 9.83. The molecule has 2 bridgehead atoms. The maximum atomic E-state index is 12.6. The third kappa shape index (κ3) is 1.91. The van der Waals surface area contributed by atoms with Crippen LogP contribution in [0.15, 0.2) is 0 Å². The van der Waals surface area contributed by atoms with E-state index in [0.717, 1.165) is 29.0 Å². The highest BCUT2D eigenvalue weighted by atomic mass is 79.9. The van der Waals surface area contributed by atoms with E-state index in [1.54, 1.807) is 0 Å². The minimum atomic E-state index is 0.0747. The second-order valence-electron chi connectivity index (χ2n) is 7.48. The molecule has 19 heavy (non-hydrogen) atoms. The summed E-state index contributed by atoms with van der Waals surface area (Å²) < 4.78 is 0. The zero-order chi connectivity index (χ0) is 13.0. The molecule has 0 heterocycles. The summed E-state index contributed by atoms with van der Waals surface area (Å²) in [6, 6.07) is 0. The number of carbonyl (C=O) groups is 1. The van der Waals surface area contributed by atoms with Gasteiger partial charge in [-0.3, -0.25) is 4.79 Å². The molecule has 0 aromatic heterocycles. The summed E-state index contributed by atoms with van der Waals surface area (Å²) in [6.07, 6.45) is 10.5. The number of rotatable bonds is 3. The van der Waals surface area contributed by atoms with Crippen LogP contribution in [-0.4, -0.2) is 16.8 Å². The SMILES string of the molecule is O=C(NC1(CBr)CCCCC1)C1C2C3CCC(C3)C12. The van der Waals surface area contributed by atoms with Crippen molar-refractivity contribution in [3.8, 4) is 0 Å². The molecule has 0 aliphatic heterocycles. The quantitative estimate of drug-likeness (QED) is 0.790. The van der Waals surface area contributed by atoms with Crippen molar-refractivity contribution in [2.45, 2.75) is 56.9 Å². The van der Waals surface area contributed by atoms with Crippen LogP contribution in [0, 0.1) is 29.6 Å². The van der Waals surface area contributed by atoms with Gasteiger partial charge in [0.15, 0.2) is 0 Å². The molecule has 3 heteroatoms. The first-order valence-electron chi connectivity index (χ1n) is 8.12. The Balaban J connectivity index is 1.42. The van der Waals surface area contributed by atoms with E-state index >= 15 is 0 Å². The van der Waals surface area contributed by atoms with Crippen LogP contribution in [0.5, 0.6) is 0 Å². The largest absolute Gasteiger partial charge is 0.350 e. The summed E-state index contributed by atoms with van der Waals surface area (Å²) in [5.41, 5.74) is 0.0747. The Bertz CT molecular complexity index is 374. The number of alkyl halides is 1. The van der Waals surface area contributed by atoms with Crippen molar-refractivity contribution < 1.29 is 4.79 Å². The molecule has 4 atom stereocenters. The molecule has 4 aliphatic carbocycles. The van der Waals surface area contributed by atoms with E-state index in [-0.39, 0.29) is 5.54 Å². The molecule has 4 aliphatic rings. The van der Waals surface area contributed by atoms with Gasteiger partial charge in [0, 0.05) is 16.8 Å². The first-order chi connectivity index (χ1) is 9.24. The summed E-state index contributed by atoms with van der Waals surface area (Å²) >= 11 is 3.65. The molecule has 4 fully saturated rings. The van der Waals surface area contributed by atoms with Crippen molar-refractivity contribution in [2.75, 3.05) is 5.33 Å². The summed E-state index contributed by atoms with van der Waals surface area (Å²) in [5.74, 6) is 4.13. The molecule has 1 amide bonds.